The Hall–Kier alpha value is -3.86. The lowest BCUT2D eigenvalue weighted by atomic mass is 10.00. The van der Waals surface area contributed by atoms with Gasteiger partial charge in [-0.1, -0.05) is 69.2 Å². The van der Waals surface area contributed by atoms with Gasteiger partial charge < -0.3 is 14.4 Å². The molecule has 4 rings (SSSR count). The molecule has 0 bridgehead atoms. The smallest absolute Gasteiger partial charge is 0.303 e. The number of benzene rings is 3. The number of aromatic nitrogens is 1. The van der Waals surface area contributed by atoms with Crippen LogP contribution in [0.15, 0.2) is 79.0 Å². The van der Waals surface area contributed by atoms with Gasteiger partial charge in [0.2, 0.25) is 0 Å². The highest BCUT2D eigenvalue weighted by atomic mass is 16.5. The van der Waals surface area contributed by atoms with Crippen LogP contribution in [0.25, 0.3) is 10.9 Å². The number of hydrogen-bond donors (Lipinski definition) is 1. The maximum absolute atomic E-state index is 13.5. The molecule has 3 aromatic carbocycles. The number of hydrogen-bond acceptors (Lipinski definition) is 3. The van der Waals surface area contributed by atoms with Crippen LogP contribution in [0.1, 0.15) is 91.9 Å². The summed E-state index contributed by atoms with van der Waals surface area (Å²) in [5, 5.41) is 9.87. The molecule has 0 fully saturated rings. The second-order valence-electron chi connectivity index (χ2n) is 10.2. The number of carbonyl (C=O) groups excluding carboxylic acids is 1. The molecule has 1 unspecified atom stereocenters. The fourth-order valence-corrected chi connectivity index (χ4v) is 4.98. The zero-order chi connectivity index (χ0) is 27.6. The maximum Gasteiger partial charge on any atom is 0.303 e. The van der Waals surface area contributed by atoms with E-state index in [-0.39, 0.29) is 18.3 Å². The summed E-state index contributed by atoms with van der Waals surface area (Å²) in [5.41, 5.74) is 4.70. The van der Waals surface area contributed by atoms with Gasteiger partial charge in [0.05, 0.1) is 0 Å². The van der Waals surface area contributed by atoms with Crippen molar-refractivity contribution in [1.82, 2.24) is 4.57 Å². The van der Waals surface area contributed by atoms with Crippen molar-refractivity contribution in [2.24, 2.45) is 0 Å². The largest absolute Gasteiger partial charge is 0.486 e. The summed E-state index contributed by atoms with van der Waals surface area (Å²) in [5.74, 6) is -0.121. The van der Waals surface area contributed by atoms with Gasteiger partial charge in [0.1, 0.15) is 11.9 Å². The van der Waals surface area contributed by atoms with Crippen molar-refractivity contribution in [3.63, 3.8) is 0 Å². The average Bonchev–Trinajstić information content (AvgIpc) is 3.33. The predicted octanol–water partition coefficient (Wildman–Crippen LogP) is 8.39. The van der Waals surface area contributed by atoms with Gasteiger partial charge in [-0.25, -0.2) is 0 Å². The van der Waals surface area contributed by atoms with Crippen molar-refractivity contribution in [3.05, 3.63) is 101 Å². The summed E-state index contributed by atoms with van der Waals surface area (Å²) in [7, 11) is 0. The summed E-state index contributed by atoms with van der Waals surface area (Å²) >= 11 is 0. The summed E-state index contributed by atoms with van der Waals surface area (Å²) in [6.45, 7) is 4.95. The Morgan fingerprint density at radius 1 is 0.872 bits per heavy atom. The average molecular weight is 526 g/mol. The second kappa shape index (κ2) is 13.8. The number of aryl methyl sites for hydroxylation is 2. The molecule has 0 radical (unpaired) electrons. The predicted molar refractivity (Wildman–Crippen MR) is 157 cm³/mol. The molecule has 39 heavy (non-hydrogen) atoms. The van der Waals surface area contributed by atoms with E-state index in [0.29, 0.717) is 24.1 Å². The topological polar surface area (TPSA) is 68.5 Å². The first-order valence-corrected chi connectivity index (χ1v) is 14.2. The van der Waals surface area contributed by atoms with Crippen LogP contribution in [0.2, 0.25) is 0 Å². The number of rotatable bonds is 15. The minimum atomic E-state index is -0.814. The van der Waals surface area contributed by atoms with Crippen molar-refractivity contribution >= 4 is 22.7 Å². The molecule has 0 spiro atoms. The van der Waals surface area contributed by atoms with E-state index in [1.165, 1.54) is 24.0 Å². The zero-order valence-electron chi connectivity index (χ0n) is 23.1. The third-order valence-electron chi connectivity index (χ3n) is 7.21. The van der Waals surface area contributed by atoms with Crippen LogP contribution in [-0.4, -0.2) is 21.4 Å². The van der Waals surface area contributed by atoms with E-state index in [2.05, 4.69) is 38.1 Å². The van der Waals surface area contributed by atoms with Gasteiger partial charge in [0, 0.05) is 41.2 Å². The number of para-hydroxylation sites is 1. The molecular formula is C34H39NO4. The SMILES string of the molecule is CCCCc1ccc(C(CCCC)Oc2ccc(C(=O)c3cn(CCCC(=O)O)c4ccccc34)cc2)cc1. The summed E-state index contributed by atoms with van der Waals surface area (Å²) in [6, 6.07) is 24.0. The number of ether oxygens (including phenoxy) is 1. The van der Waals surface area contributed by atoms with Gasteiger partial charge in [-0.2, -0.15) is 0 Å². The van der Waals surface area contributed by atoms with Crippen molar-refractivity contribution < 1.29 is 19.4 Å². The number of nitrogens with zero attached hydrogens (tertiary/aromatic N) is 1. The van der Waals surface area contributed by atoms with E-state index in [1.807, 2.05) is 59.3 Å². The number of aliphatic carboxylic acids is 1. The second-order valence-corrected chi connectivity index (χ2v) is 10.2. The van der Waals surface area contributed by atoms with E-state index in [4.69, 9.17) is 9.84 Å². The highest BCUT2D eigenvalue weighted by molar-refractivity contribution is 6.16. The monoisotopic (exact) mass is 525 g/mol. The number of fused-ring (bicyclic) bond motifs is 1. The van der Waals surface area contributed by atoms with E-state index in [1.54, 1.807) is 0 Å². The van der Waals surface area contributed by atoms with E-state index < -0.39 is 5.97 Å². The molecule has 1 atom stereocenters. The number of carboxylic acids is 1. The molecule has 0 aliphatic heterocycles. The van der Waals surface area contributed by atoms with Crippen LogP contribution in [0.5, 0.6) is 5.75 Å². The van der Waals surface area contributed by atoms with Gasteiger partial charge in [-0.3, -0.25) is 9.59 Å². The van der Waals surface area contributed by atoms with E-state index >= 15 is 0 Å². The molecule has 5 heteroatoms. The Morgan fingerprint density at radius 3 is 2.28 bits per heavy atom. The molecule has 1 heterocycles. The minimum absolute atomic E-state index is 0.0319. The van der Waals surface area contributed by atoms with Crippen molar-refractivity contribution in [1.29, 1.82) is 0 Å². The fourth-order valence-electron chi connectivity index (χ4n) is 4.98. The van der Waals surface area contributed by atoms with E-state index in [0.717, 1.165) is 42.3 Å². The first-order chi connectivity index (χ1) is 19.0. The molecule has 5 nitrogen and oxygen atoms in total. The zero-order valence-corrected chi connectivity index (χ0v) is 23.1. The van der Waals surface area contributed by atoms with Gasteiger partial charge in [-0.15, -0.1) is 0 Å². The quantitative estimate of drug-likeness (QED) is 0.158. The lowest BCUT2D eigenvalue weighted by Crippen LogP contribution is -2.08. The summed E-state index contributed by atoms with van der Waals surface area (Å²) in [6.07, 6.45) is 9.04. The normalized spacial score (nSPS) is 11.9. The molecule has 0 saturated carbocycles. The third kappa shape index (κ3) is 7.38. The van der Waals surface area contributed by atoms with Crippen molar-refractivity contribution in [2.75, 3.05) is 0 Å². The Bertz CT molecular complexity index is 1370. The summed E-state index contributed by atoms with van der Waals surface area (Å²) in [4.78, 5) is 24.5. The first kappa shape index (κ1) is 28.2. The van der Waals surface area contributed by atoms with Crippen LogP contribution in [0, 0.1) is 0 Å². The van der Waals surface area contributed by atoms with Crippen LogP contribution in [-0.2, 0) is 17.8 Å². The molecule has 0 aliphatic rings. The third-order valence-corrected chi connectivity index (χ3v) is 7.21. The molecule has 1 aromatic heterocycles. The fraction of sp³-hybridized carbons (Fsp3) is 0.353. The lowest BCUT2D eigenvalue weighted by Gasteiger charge is -2.20. The Kier molecular flexibility index (Phi) is 9.96. The molecule has 1 N–H and O–H groups in total. The van der Waals surface area contributed by atoms with Crippen molar-refractivity contribution in [3.8, 4) is 5.75 Å². The van der Waals surface area contributed by atoms with Gasteiger partial charge in [0.15, 0.2) is 5.78 Å². The number of carboxylic acid groups (broad SMARTS) is 1. The molecule has 4 aromatic rings. The Balaban J connectivity index is 1.50. The molecule has 0 aliphatic carbocycles. The van der Waals surface area contributed by atoms with E-state index in [9.17, 15) is 9.59 Å². The number of unbranched alkanes of at least 4 members (excludes halogenated alkanes) is 2. The molecule has 204 valence electrons. The number of ketones is 1. The highest BCUT2D eigenvalue weighted by Crippen LogP contribution is 2.29. The Labute approximate surface area is 231 Å². The molecular weight excluding hydrogens is 486 g/mol. The van der Waals surface area contributed by atoms with Crippen LogP contribution in [0.3, 0.4) is 0 Å². The van der Waals surface area contributed by atoms with Crippen molar-refractivity contribution in [2.45, 2.75) is 77.9 Å². The standard InChI is InChI=1S/C34H39NO4/c1-3-5-10-25-15-17-26(18-16-25)32(13-6-4-2)39-28-21-19-27(20-22-28)34(38)30-24-35(23-9-14-33(36)37)31-12-8-7-11-29(30)31/h7-8,11-12,15-22,24,32H,3-6,9-10,13-14,23H2,1-2H3,(H,36,37). The number of carbonyl (C=O) groups is 2. The van der Waals surface area contributed by atoms with Gasteiger partial charge in [-0.05, 0) is 73.6 Å². The first-order valence-electron chi connectivity index (χ1n) is 14.2. The van der Waals surface area contributed by atoms with Crippen LogP contribution >= 0.6 is 0 Å². The lowest BCUT2D eigenvalue weighted by molar-refractivity contribution is -0.137. The molecule has 0 saturated heterocycles. The molecule has 0 amide bonds. The van der Waals surface area contributed by atoms with Gasteiger partial charge >= 0.3 is 5.97 Å². The summed E-state index contributed by atoms with van der Waals surface area (Å²) < 4.78 is 8.42. The Morgan fingerprint density at radius 2 is 1.59 bits per heavy atom. The van der Waals surface area contributed by atoms with Crippen LogP contribution in [0.4, 0.5) is 0 Å². The highest BCUT2D eigenvalue weighted by Gasteiger charge is 2.18. The van der Waals surface area contributed by atoms with Gasteiger partial charge in [0.25, 0.3) is 0 Å². The van der Waals surface area contributed by atoms with Crippen LogP contribution < -0.4 is 4.74 Å². The maximum atomic E-state index is 13.5. The minimum Gasteiger partial charge on any atom is -0.486 e.